The summed E-state index contributed by atoms with van der Waals surface area (Å²) < 4.78 is -0.361. The predicted molar refractivity (Wildman–Crippen MR) is 136 cm³/mol. The molecule has 0 saturated carbocycles. The molecular formula is C25H23LiN2O2S2. The van der Waals surface area contributed by atoms with Gasteiger partial charge in [-0.1, -0.05) is 102 Å². The average Bonchev–Trinajstić information content (AvgIpc) is 3.31. The number of aromatic nitrogens is 1. The molecule has 0 spiro atoms. The van der Waals surface area contributed by atoms with E-state index in [-0.39, 0.29) is 28.5 Å². The molecule has 32 heavy (non-hydrogen) atoms. The molecule has 0 aliphatic rings. The van der Waals surface area contributed by atoms with Crippen LogP contribution in [0.25, 0.3) is 0 Å². The van der Waals surface area contributed by atoms with Gasteiger partial charge in [-0.2, -0.15) is 0 Å². The zero-order chi connectivity index (χ0) is 21.5. The standard InChI is InChI=1S/C25H22N2O2S2.Li.H/c28-23(29)22-18-27-24(31-22)26-16-17-30-25(19-10-4-1-5-11-19,20-12-6-2-7-13-20)21-14-8-3-9-15-21;;/h1-15,18H,16-17H2,(H,26,27)(H,28,29);;. The normalized spacial score (nSPS) is 10.9. The zero-order valence-corrected chi connectivity index (χ0v) is 18.4. The predicted octanol–water partition coefficient (Wildman–Crippen LogP) is 5.33. The second-order valence-electron chi connectivity index (χ2n) is 6.89. The van der Waals surface area contributed by atoms with Gasteiger partial charge in [0.1, 0.15) is 4.88 Å². The topological polar surface area (TPSA) is 62.2 Å². The molecular weight excluding hydrogens is 431 g/mol. The summed E-state index contributed by atoms with van der Waals surface area (Å²) in [5, 5.41) is 13.0. The number of carbonyl (C=O) groups is 1. The van der Waals surface area contributed by atoms with Crippen LogP contribution in [0.5, 0.6) is 0 Å². The summed E-state index contributed by atoms with van der Waals surface area (Å²) in [6.45, 7) is 0.672. The van der Waals surface area contributed by atoms with Crippen molar-refractivity contribution in [1.29, 1.82) is 0 Å². The van der Waals surface area contributed by atoms with Gasteiger partial charge in [0, 0.05) is 12.3 Å². The van der Waals surface area contributed by atoms with Crippen LogP contribution in [-0.2, 0) is 4.75 Å². The van der Waals surface area contributed by atoms with E-state index < -0.39 is 5.97 Å². The van der Waals surface area contributed by atoms with E-state index in [1.807, 2.05) is 30.0 Å². The number of aromatic carboxylic acids is 1. The number of hydrogen-bond acceptors (Lipinski definition) is 5. The van der Waals surface area contributed by atoms with Gasteiger partial charge in [0.2, 0.25) is 0 Å². The average molecular weight is 455 g/mol. The molecule has 4 rings (SSSR count). The van der Waals surface area contributed by atoms with Gasteiger partial charge in [0.25, 0.3) is 0 Å². The van der Waals surface area contributed by atoms with Crippen LogP contribution in [0.15, 0.2) is 97.2 Å². The van der Waals surface area contributed by atoms with E-state index in [0.29, 0.717) is 11.7 Å². The molecule has 3 aromatic carbocycles. The fourth-order valence-electron chi connectivity index (χ4n) is 3.59. The number of rotatable bonds is 9. The van der Waals surface area contributed by atoms with Crippen molar-refractivity contribution >= 4 is 53.1 Å². The van der Waals surface area contributed by atoms with Gasteiger partial charge < -0.3 is 10.4 Å². The van der Waals surface area contributed by atoms with Crippen LogP contribution < -0.4 is 5.32 Å². The molecule has 0 atom stereocenters. The number of benzene rings is 3. The van der Waals surface area contributed by atoms with Crippen molar-refractivity contribution in [3.8, 4) is 0 Å². The summed E-state index contributed by atoms with van der Waals surface area (Å²) in [6, 6.07) is 31.7. The molecule has 0 aliphatic heterocycles. The Morgan fingerprint density at radius 2 is 1.34 bits per heavy atom. The van der Waals surface area contributed by atoms with E-state index in [9.17, 15) is 4.79 Å². The summed E-state index contributed by atoms with van der Waals surface area (Å²) in [6.07, 6.45) is 1.39. The van der Waals surface area contributed by atoms with Crippen molar-refractivity contribution in [1.82, 2.24) is 4.98 Å². The Hall–Kier alpha value is -2.49. The van der Waals surface area contributed by atoms with E-state index in [0.717, 1.165) is 17.1 Å². The first kappa shape index (κ1) is 24.2. The molecule has 0 bridgehead atoms. The van der Waals surface area contributed by atoms with Crippen LogP contribution in [0, 0.1) is 0 Å². The van der Waals surface area contributed by atoms with Crippen molar-refractivity contribution in [2.24, 2.45) is 0 Å². The van der Waals surface area contributed by atoms with Gasteiger partial charge in [0.15, 0.2) is 5.13 Å². The van der Waals surface area contributed by atoms with Crippen LogP contribution in [0.4, 0.5) is 5.13 Å². The van der Waals surface area contributed by atoms with E-state index >= 15 is 0 Å². The third-order valence-corrected chi connectivity index (χ3v) is 7.45. The Morgan fingerprint density at radius 3 is 1.75 bits per heavy atom. The van der Waals surface area contributed by atoms with Crippen LogP contribution in [0.1, 0.15) is 26.4 Å². The van der Waals surface area contributed by atoms with E-state index in [1.165, 1.54) is 22.9 Å². The van der Waals surface area contributed by atoms with Crippen LogP contribution in [0.2, 0.25) is 0 Å². The number of thiazole rings is 1. The fourth-order valence-corrected chi connectivity index (χ4v) is 5.68. The molecule has 0 radical (unpaired) electrons. The maximum atomic E-state index is 11.1. The first-order valence-corrected chi connectivity index (χ1v) is 11.7. The first-order chi connectivity index (χ1) is 15.2. The Bertz CT molecular complexity index is 1030. The second kappa shape index (κ2) is 11.4. The number of anilines is 1. The number of nitrogens with one attached hydrogen (secondary N) is 1. The van der Waals surface area contributed by atoms with Crippen LogP contribution in [-0.4, -0.2) is 47.2 Å². The molecule has 4 nitrogen and oxygen atoms in total. The van der Waals surface area contributed by atoms with Gasteiger partial charge in [-0.15, -0.1) is 11.8 Å². The molecule has 0 saturated heterocycles. The molecule has 4 aromatic rings. The monoisotopic (exact) mass is 454 g/mol. The van der Waals surface area contributed by atoms with Crippen molar-refractivity contribution in [3.05, 3.63) is 119 Å². The number of carboxylic acids is 1. The van der Waals surface area contributed by atoms with E-state index in [1.54, 1.807) is 0 Å². The van der Waals surface area contributed by atoms with Crippen LogP contribution in [0.3, 0.4) is 0 Å². The van der Waals surface area contributed by atoms with Crippen molar-refractivity contribution < 1.29 is 9.90 Å². The van der Waals surface area contributed by atoms with Gasteiger partial charge in [-0.25, -0.2) is 9.78 Å². The summed E-state index contributed by atoms with van der Waals surface area (Å²) >= 11 is 3.02. The third-order valence-electron chi connectivity index (χ3n) is 4.95. The maximum absolute atomic E-state index is 11.1. The van der Waals surface area contributed by atoms with Gasteiger partial charge in [-0.05, 0) is 16.7 Å². The number of carboxylic acid groups (broad SMARTS) is 1. The number of nitrogens with zero attached hydrogens (tertiary/aromatic N) is 1. The molecule has 0 fully saturated rings. The molecule has 1 aromatic heterocycles. The van der Waals surface area contributed by atoms with Crippen molar-refractivity contribution in [3.63, 3.8) is 0 Å². The Labute approximate surface area is 208 Å². The zero-order valence-electron chi connectivity index (χ0n) is 16.8. The van der Waals surface area contributed by atoms with E-state index in [2.05, 4.69) is 83.1 Å². The third kappa shape index (κ3) is 5.28. The molecule has 158 valence electrons. The summed E-state index contributed by atoms with van der Waals surface area (Å²) in [5.41, 5.74) is 3.67. The van der Waals surface area contributed by atoms with E-state index in [4.69, 9.17) is 5.11 Å². The quantitative estimate of drug-likeness (QED) is 0.203. The molecule has 1 heterocycles. The second-order valence-corrected chi connectivity index (χ2v) is 9.23. The number of thioether (sulfide) groups is 1. The summed E-state index contributed by atoms with van der Waals surface area (Å²) in [7, 11) is 0. The molecule has 0 unspecified atom stereocenters. The van der Waals surface area contributed by atoms with Crippen molar-refractivity contribution in [2.45, 2.75) is 4.75 Å². The molecule has 0 aliphatic carbocycles. The fraction of sp³-hybridized carbons (Fsp3) is 0.120. The van der Waals surface area contributed by atoms with Gasteiger partial charge in [0.05, 0.1) is 10.9 Å². The number of hydrogen-bond donors (Lipinski definition) is 2. The Morgan fingerprint density at radius 1 is 0.875 bits per heavy atom. The SMILES string of the molecule is O=C(O)c1cnc(NCCSC(c2ccccc2)(c2ccccc2)c2ccccc2)s1.[LiH]. The van der Waals surface area contributed by atoms with Gasteiger partial charge >= 0.3 is 24.8 Å². The van der Waals surface area contributed by atoms with Gasteiger partial charge in [-0.3, -0.25) is 0 Å². The summed E-state index contributed by atoms with van der Waals surface area (Å²) in [5.74, 6) is -0.142. The molecule has 0 amide bonds. The summed E-state index contributed by atoms with van der Waals surface area (Å²) in [4.78, 5) is 15.5. The Balaban J connectivity index is 0.00000289. The first-order valence-electron chi connectivity index (χ1n) is 9.93. The molecule has 7 heteroatoms. The minimum atomic E-state index is -0.948. The molecule has 2 N–H and O–H groups in total. The van der Waals surface area contributed by atoms with Crippen molar-refractivity contribution in [2.75, 3.05) is 17.6 Å². The van der Waals surface area contributed by atoms with Crippen LogP contribution >= 0.6 is 23.1 Å². The Kier molecular flexibility index (Phi) is 8.60. The minimum absolute atomic E-state index is 0.